The van der Waals surface area contributed by atoms with Crippen molar-refractivity contribution in [1.82, 2.24) is 29.7 Å². The molecule has 0 amide bonds. The molecule has 4 aromatic rings. The SMILES string of the molecule is Cn1c2ccncc2c2ccc(-c3ccc(NC4CCC4)nc3)cc21.OC1CCN(CCN2CCNCC2)CC1. The number of piperazine rings is 1. The molecule has 1 aromatic carbocycles. The van der Waals surface area contributed by atoms with Crippen molar-refractivity contribution < 1.29 is 5.11 Å². The highest BCUT2D eigenvalue weighted by molar-refractivity contribution is 6.08. The molecule has 3 aromatic heterocycles. The van der Waals surface area contributed by atoms with E-state index in [9.17, 15) is 5.11 Å². The van der Waals surface area contributed by atoms with E-state index in [2.05, 4.69) is 78.4 Å². The number of aliphatic hydroxyl groups is 1. The number of pyridine rings is 2. The van der Waals surface area contributed by atoms with Crippen molar-refractivity contribution >= 4 is 27.6 Å². The molecule has 2 saturated heterocycles. The maximum Gasteiger partial charge on any atom is 0.126 e. The van der Waals surface area contributed by atoms with E-state index >= 15 is 0 Å². The second kappa shape index (κ2) is 12.6. The lowest BCUT2D eigenvalue weighted by molar-refractivity contribution is 0.0757. The number of piperidine rings is 1. The van der Waals surface area contributed by atoms with E-state index in [1.54, 1.807) is 0 Å². The molecule has 0 radical (unpaired) electrons. The van der Waals surface area contributed by atoms with Gasteiger partial charge in [-0.05, 0) is 61.9 Å². The van der Waals surface area contributed by atoms with Gasteiger partial charge in [0.1, 0.15) is 5.82 Å². The molecule has 2 aliphatic heterocycles. The Kier molecular flexibility index (Phi) is 8.58. The summed E-state index contributed by atoms with van der Waals surface area (Å²) in [5.41, 5.74) is 4.76. The molecule has 212 valence electrons. The summed E-state index contributed by atoms with van der Waals surface area (Å²) in [6.07, 6.45) is 11.5. The largest absolute Gasteiger partial charge is 0.393 e. The summed E-state index contributed by atoms with van der Waals surface area (Å²) in [4.78, 5) is 13.9. The summed E-state index contributed by atoms with van der Waals surface area (Å²) < 4.78 is 2.23. The molecule has 3 aliphatic rings. The minimum Gasteiger partial charge on any atom is -0.393 e. The van der Waals surface area contributed by atoms with Crippen LogP contribution in [0, 0.1) is 0 Å². The van der Waals surface area contributed by atoms with Crippen LogP contribution in [0.2, 0.25) is 0 Å². The number of fused-ring (bicyclic) bond motifs is 3. The number of hydrogen-bond donors (Lipinski definition) is 3. The van der Waals surface area contributed by atoms with Crippen molar-refractivity contribution in [2.24, 2.45) is 7.05 Å². The van der Waals surface area contributed by atoms with Crippen molar-refractivity contribution in [3.05, 3.63) is 55.0 Å². The van der Waals surface area contributed by atoms with Gasteiger partial charge in [0, 0.05) is 106 Å². The molecule has 40 heavy (non-hydrogen) atoms. The molecule has 0 spiro atoms. The van der Waals surface area contributed by atoms with Crippen LogP contribution in [-0.2, 0) is 7.05 Å². The van der Waals surface area contributed by atoms with Gasteiger partial charge in [-0.15, -0.1) is 0 Å². The van der Waals surface area contributed by atoms with Crippen molar-refractivity contribution in [1.29, 1.82) is 0 Å². The highest BCUT2D eigenvalue weighted by atomic mass is 16.3. The first kappa shape index (κ1) is 27.1. The third kappa shape index (κ3) is 6.31. The van der Waals surface area contributed by atoms with Crippen LogP contribution in [0.4, 0.5) is 5.82 Å². The Labute approximate surface area is 237 Å². The fraction of sp³-hybridized carbons (Fsp3) is 0.500. The maximum atomic E-state index is 9.40. The predicted octanol–water partition coefficient (Wildman–Crippen LogP) is 4.10. The summed E-state index contributed by atoms with van der Waals surface area (Å²) in [6.45, 7) is 9.18. The molecule has 3 fully saturated rings. The lowest BCUT2D eigenvalue weighted by Gasteiger charge is -2.33. The molecule has 0 atom stereocenters. The highest BCUT2D eigenvalue weighted by Crippen LogP contribution is 2.31. The maximum absolute atomic E-state index is 9.40. The number of anilines is 1. The molecule has 3 N–H and O–H groups in total. The van der Waals surface area contributed by atoms with E-state index in [1.807, 2.05) is 18.6 Å². The zero-order valence-corrected chi connectivity index (χ0v) is 23.7. The van der Waals surface area contributed by atoms with Gasteiger partial charge in [-0.1, -0.05) is 12.1 Å². The van der Waals surface area contributed by atoms with Crippen molar-refractivity contribution in [3.8, 4) is 11.1 Å². The number of aliphatic hydroxyl groups excluding tert-OH is 1. The molecule has 7 rings (SSSR count). The van der Waals surface area contributed by atoms with Crippen LogP contribution < -0.4 is 10.6 Å². The van der Waals surface area contributed by atoms with Gasteiger partial charge in [0.05, 0.1) is 11.6 Å². The van der Waals surface area contributed by atoms with E-state index in [4.69, 9.17) is 0 Å². The van der Waals surface area contributed by atoms with Crippen molar-refractivity contribution in [2.45, 2.75) is 44.2 Å². The van der Waals surface area contributed by atoms with Crippen LogP contribution >= 0.6 is 0 Å². The van der Waals surface area contributed by atoms with Crippen LogP contribution in [0.1, 0.15) is 32.1 Å². The van der Waals surface area contributed by atoms with Crippen LogP contribution in [0.5, 0.6) is 0 Å². The zero-order valence-electron chi connectivity index (χ0n) is 23.7. The first-order valence-electron chi connectivity index (χ1n) is 15.0. The van der Waals surface area contributed by atoms with Gasteiger partial charge < -0.3 is 25.2 Å². The van der Waals surface area contributed by atoms with E-state index in [1.165, 1.54) is 72.8 Å². The van der Waals surface area contributed by atoms with Gasteiger partial charge >= 0.3 is 0 Å². The Morgan fingerprint density at radius 3 is 2.30 bits per heavy atom. The number of aromatic nitrogens is 3. The Morgan fingerprint density at radius 2 is 1.60 bits per heavy atom. The summed E-state index contributed by atoms with van der Waals surface area (Å²) in [5.74, 6) is 0.977. The standard InChI is InChI=1S/C21H20N4.C11H23N3O/c1-25-19-9-10-22-13-18(19)17-7-5-14(11-20(17)25)15-6-8-21(23-12-15)24-16-3-2-4-16;15-11-1-5-13(6-2-11)9-10-14-7-3-12-4-8-14/h5-13,16H,2-4H2,1H3,(H,23,24);11-12,15H,1-10H2. The number of likely N-dealkylation sites (tertiary alicyclic amines) is 1. The highest BCUT2D eigenvalue weighted by Gasteiger charge is 2.18. The van der Waals surface area contributed by atoms with Gasteiger partial charge in [0.15, 0.2) is 0 Å². The third-order valence-corrected chi connectivity index (χ3v) is 8.86. The van der Waals surface area contributed by atoms with Crippen LogP contribution in [0.3, 0.4) is 0 Å². The number of hydrogen-bond acceptors (Lipinski definition) is 7. The molecule has 8 heteroatoms. The Bertz CT molecular complexity index is 1380. The summed E-state index contributed by atoms with van der Waals surface area (Å²) in [5, 5.41) is 18.7. The monoisotopic (exact) mass is 541 g/mol. The average molecular weight is 542 g/mol. The first-order chi connectivity index (χ1) is 19.6. The minimum absolute atomic E-state index is 0.0413. The minimum atomic E-state index is -0.0413. The lowest BCUT2D eigenvalue weighted by Crippen LogP contribution is -2.47. The Balaban J connectivity index is 0.000000165. The van der Waals surface area contributed by atoms with E-state index in [0.29, 0.717) is 6.04 Å². The second-order valence-corrected chi connectivity index (χ2v) is 11.6. The molecular formula is C32H43N7O. The Morgan fingerprint density at radius 1 is 0.850 bits per heavy atom. The van der Waals surface area contributed by atoms with Gasteiger partial charge in [-0.2, -0.15) is 0 Å². The molecule has 1 aliphatic carbocycles. The average Bonchev–Trinajstić information content (AvgIpc) is 3.27. The molecule has 0 unspecified atom stereocenters. The van der Waals surface area contributed by atoms with Gasteiger partial charge in [-0.25, -0.2) is 4.98 Å². The summed E-state index contributed by atoms with van der Waals surface area (Å²) >= 11 is 0. The number of rotatable bonds is 6. The van der Waals surface area contributed by atoms with E-state index in [-0.39, 0.29) is 6.10 Å². The first-order valence-corrected chi connectivity index (χ1v) is 15.0. The van der Waals surface area contributed by atoms with Crippen LogP contribution in [-0.4, -0.2) is 93.9 Å². The fourth-order valence-corrected chi connectivity index (χ4v) is 6.01. The van der Waals surface area contributed by atoms with E-state index < -0.39 is 0 Å². The summed E-state index contributed by atoms with van der Waals surface area (Å²) in [6, 6.07) is 13.5. The number of benzene rings is 1. The molecule has 1 saturated carbocycles. The topological polar surface area (TPSA) is 81.5 Å². The number of aryl methyl sites for hydroxylation is 1. The quantitative estimate of drug-likeness (QED) is 0.339. The van der Waals surface area contributed by atoms with Gasteiger partial charge in [0.25, 0.3) is 0 Å². The third-order valence-electron chi connectivity index (χ3n) is 8.86. The van der Waals surface area contributed by atoms with E-state index in [0.717, 1.165) is 50.4 Å². The molecule has 8 nitrogen and oxygen atoms in total. The molecular weight excluding hydrogens is 498 g/mol. The molecule has 0 bridgehead atoms. The number of nitrogens with zero attached hydrogens (tertiary/aromatic N) is 5. The van der Waals surface area contributed by atoms with Crippen LogP contribution in [0.15, 0.2) is 55.0 Å². The fourth-order valence-electron chi connectivity index (χ4n) is 6.01. The Hall–Kier alpha value is -3.04. The van der Waals surface area contributed by atoms with Crippen molar-refractivity contribution in [2.75, 3.05) is 57.7 Å². The van der Waals surface area contributed by atoms with Crippen molar-refractivity contribution in [3.63, 3.8) is 0 Å². The van der Waals surface area contributed by atoms with Crippen LogP contribution in [0.25, 0.3) is 32.9 Å². The molecule has 5 heterocycles. The smallest absolute Gasteiger partial charge is 0.126 e. The van der Waals surface area contributed by atoms with Gasteiger partial charge in [0.2, 0.25) is 0 Å². The van der Waals surface area contributed by atoms with Gasteiger partial charge in [-0.3, -0.25) is 9.88 Å². The second-order valence-electron chi connectivity index (χ2n) is 11.6. The normalized spacial score (nSPS) is 19.4. The zero-order chi connectivity index (χ0) is 27.3. The lowest BCUT2D eigenvalue weighted by atomic mass is 9.93. The predicted molar refractivity (Wildman–Crippen MR) is 164 cm³/mol. The summed E-state index contributed by atoms with van der Waals surface area (Å²) in [7, 11) is 2.11. The number of nitrogens with one attached hydrogen (secondary N) is 2.